The van der Waals surface area contributed by atoms with Crippen molar-refractivity contribution in [2.45, 2.75) is 18.9 Å². The number of hydrogen-bond donors (Lipinski definition) is 3. The molecule has 1 atom stereocenters. The second kappa shape index (κ2) is 6.14. The molecule has 0 aliphatic carbocycles. The fourth-order valence-corrected chi connectivity index (χ4v) is 1.76. The Balaban J connectivity index is 1.72. The van der Waals surface area contributed by atoms with E-state index >= 15 is 0 Å². The molecule has 7 nitrogen and oxygen atoms in total. The van der Waals surface area contributed by atoms with Crippen LogP contribution in [0.3, 0.4) is 0 Å². The second-order valence-electron chi connectivity index (χ2n) is 4.36. The number of carbonyl (C=O) groups is 1. The molecule has 0 radical (unpaired) electrons. The van der Waals surface area contributed by atoms with Gasteiger partial charge in [-0.15, -0.1) is 0 Å². The molecule has 0 aliphatic heterocycles. The molecule has 0 bridgehead atoms. The van der Waals surface area contributed by atoms with Gasteiger partial charge in [-0.25, -0.2) is 4.98 Å². The van der Waals surface area contributed by atoms with Crippen LogP contribution in [0.25, 0.3) is 0 Å². The summed E-state index contributed by atoms with van der Waals surface area (Å²) in [6, 6.07) is -0.669. The van der Waals surface area contributed by atoms with Crippen LogP contribution in [0.5, 0.6) is 0 Å². The summed E-state index contributed by atoms with van der Waals surface area (Å²) in [5.74, 6) is 0.734. The summed E-state index contributed by atoms with van der Waals surface area (Å²) in [6.07, 6.45) is 8.47. The zero-order valence-electron chi connectivity index (χ0n) is 10.8. The van der Waals surface area contributed by atoms with Gasteiger partial charge in [0.1, 0.15) is 11.9 Å². The predicted molar refractivity (Wildman–Crippen MR) is 70.1 cm³/mol. The number of amides is 1. The molecule has 1 unspecified atom stereocenters. The van der Waals surface area contributed by atoms with Gasteiger partial charge in [0.2, 0.25) is 5.91 Å². The second-order valence-corrected chi connectivity index (χ2v) is 4.36. The summed E-state index contributed by atoms with van der Waals surface area (Å²) in [6.45, 7) is 0.577. The van der Waals surface area contributed by atoms with Gasteiger partial charge in [0, 0.05) is 44.2 Å². The number of hydrogen-bond acceptors (Lipinski definition) is 4. The molecule has 2 aromatic rings. The van der Waals surface area contributed by atoms with E-state index in [1.54, 1.807) is 36.5 Å². The van der Waals surface area contributed by atoms with Gasteiger partial charge in [0.05, 0.1) is 6.20 Å². The topological polar surface area (TPSA) is 102 Å². The van der Waals surface area contributed by atoms with Gasteiger partial charge in [-0.3, -0.25) is 9.48 Å². The lowest BCUT2D eigenvalue weighted by atomic mass is 10.1. The van der Waals surface area contributed by atoms with E-state index < -0.39 is 6.04 Å². The molecule has 0 saturated carbocycles. The summed E-state index contributed by atoms with van der Waals surface area (Å²) in [7, 11) is 1.79. The molecular weight excluding hydrogens is 244 g/mol. The maximum atomic E-state index is 11.8. The monoisotopic (exact) mass is 262 g/mol. The van der Waals surface area contributed by atoms with E-state index in [1.807, 2.05) is 0 Å². The number of carbonyl (C=O) groups excluding carboxylic acids is 1. The minimum absolute atomic E-state index is 0.188. The Labute approximate surface area is 111 Å². The number of nitrogens with two attached hydrogens (primary N) is 1. The average Bonchev–Trinajstić information content (AvgIpc) is 3.04. The molecule has 0 spiro atoms. The van der Waals surface area contributed by atoms with Gasteiger partial charge in [-0.1, -0.05) is 0 Å². The van der Waals surface area contributed by atoms with Crippen LogP contribution in [-0.2, 0) is 18.3 Å². The summed E-state index contributed by atoms with van der Waals surface area (Å²) in [4.78, 5) is 18.9. The number of aryl methyl sites for hydroxylation is 2. The first-order valence-corrected chi connectivity index (χ1v) is 6.17. The highest BCUT2D eigenvalue weighted by Crippen LogP contribution is 2.08. The number of aromatic amines is 1. The summed E-state index contributed by atoms with van der Waals surface area (Å²) in [5, 5.41) is 6.80. The van der Waals surface area contributed by atoms with E-state index in [0.29, 0.717) is 12.1 Å². The smallest absolute Gasteiger partial charge is 0.241 e. The Kier molecular flexibility index (Phi) is 4.30. The average molecular weight is 262 g/mol. The molecule has 2 heterocycles. The molecule has 0 aliphatic rings. The van der Waals surface area contributed by atoms with E-state index in [1.165, 1.54) is 0 Å². The highest BCUT2D eigenvalue weighted by molar-refractivity contribution is 5.82. The van der Waals surface area contributed by atoms with Crippen molar-refractivity contribution >= 4 is 5.91 Å². The third-order valence-electron chi connectivity index (χ3n) is 2.81. The lowest BCUT2D eigenvalue weighted by Gasteiger charge is -2.10. The maximum Gasteiger partial charge on any atom is 0.241 e. The van der Waals surface area contributed by atoms with Gasteiger partial charge in [-0.05, 0) is 6.42 Å². The van der Waals surface area contributed by atoms with Crippen molar-refractivity contribution in [3.05, 3.63) is 36.2 Å². The molecule has 4 N–H and O–H groups in total. The predicted octanol–water partition coefficient (Wildman–Crippen LogP) is -0.108. The van der Waals surface area contributed by atoms with Crippen LogP contribution in [-0.4, -0.2) is 32.2 Å². The third kappa shape index (κ3) is 3.65. The molecule has 0 saturated heterocycles. The standard InChI is InChI=1S/C12H18N6O/c1-18-8-9(7-17-18)11(13)12(19)16-4-2-3-10-14-5-6-15-10/h5-8,11H,2-4,13H2,1H3,(H,14,15)(H,16,19). The Morgan fingerprint density at radius 1 is 1.63 bits per heavy atom. The summed E-state index contributed by atoms with van der Waals surface area (Å²) >= 11 is 0. The van der Waals surface area contributed by atoms with Gasteiger partial charge in [0.25, 0.3) is 0 Å². The van der Waals surface area contributed by atoms with Crippen molar-refractivity contribution in [3.63, 3.8) is 0 Å². The first-order valence-electron chi connectivity index (χ1n) is 6.17. The Bertz CT molecular complexity index is 518. The molecule has 1 amide bonds. The molecule has 2 aromatic heterocycles. The minimum atomic E-state index is -0.669. The van der Waals surface area contributed by atoms with Crippen LogP contribution in [0.15, 0.2) is 24.8 Å². The summed E-state index contributed by atoms with van der Waals surface area (Å²) < 4.78 is 1.62. The van der Waals surface area contributed by atoms with E-state index in [9.17, 15) is 4.79 Å². The van der Waals surface area contributed by atoms with Crippen LogP contribution in [0, 0.1) is 0 Å². The number of nitrogens with zero attached hydrogens (tertiary/aromatic N) is 3. The van der Waals surface area contributed by atoms with Crippen molar-refractivity contribution in [3.8, 4) is 0 Å². The SMILES string of the molecule is Cn1cc(C(N)C(=O)NCCCc2ncc[nH]2)cn1. The molecule has 0 aromatic carbocycles. The van der Waals surface area contributed by atoms with Crippen LogP contribution >= 0.6 is 0 Å². The molecule has 0 fully saturated rings. The first kappa shape index (κ1) is 13.3. The number of H-pyrrole nitrogens is 1. The fraction of sp³-hybridized carbons (Fsp3) is 0.417. The fourth-order valence-electron chi connectivity index (χ4n) is 1.76. The van der Waals surface area contributed by atoms with Gasteiger partial charge < -0.3 is 16.0 Å². The molecule has 102 valence electrons. The minimum Gasteiger partial charge on any atom is -0.354 e. The van der Waals surface area contributed by atoms with Crippen molar-refractivity contribution in [2.24, 2.45) is 12.8 Å². The normalized spacial score (nSPS) is 12.3. The van der Waals surface area contributed by atoms with Crippen molar-refractivity contribution < 1.29 is 4.79 Å². The number of nitrogens with one attached hydrogen (secondary N) is 2. The number of rotatable bonds is 6. The Morgan fingerprint density at radius 2 is 2.47 bits per heavy atom. The lowest BCUT2D eigenvalue weighted by molar-refractivity contribution is -0.122. The summed E-state index contributed by atoms with van der Waals surface area (Å²) in [5.41, 5.74) is 6.56. The molecule has 19 heavy (non-hydrogen) atoms. The zero-order valence-corrected chi connectivity index (χ0v) is 10.8. The lowest BCUT2D eigenvalue weighted by Crippen LogP contribution is -2.34. The van der Waals surface area contributed by atoms with E-state index in [2.05, 4.69) is 20.4 Å². The number of aromatic nitrogens is 4. The quantitative estimate of drug-likeness (QED) is 0.632. The van der Waals surface area contributed by atoms with Crippen molar-refractivity contribution in [2.75, 3.05) is 6.54 Å². The zero-order chi connectivity index (χ0) is 13.7. The van der Waals surface area contributed by atoms with E-state index in [-0.39, 0.29) is 5.91 Å². The van der Waals surface area contributed by atoms with Crippen molar-refractivity contribution in [1.29, 1.82) is 0 Å². The van der Waals surface area contributed by atoms with E-state index in [4.69, 9.17) is 5.73 Å². The van der Waals surface area contributed by atoms with Crippen LogP contribution in [0.1, 0.15) is 23.9 Å². The molecule has 7 heteroatoms. The molecular formula is C12H18N6O. The highest BCUT2D eigenvalue weighted by atomic mass is 16.2. The van der Waals surface area contributed by atoms with Gasteiger partial charge >= 0.3 is 0 Å². The Morgan fingerprint density at radius 3 is 3.11 bits per heavy atom. The van der Waals surface area contributed by atoms with Crippen LogP contribution < -0.4 is 11.1 Å². The van der Waals surface area contributed by atoms with Crippen molar-refractivity contribution in [1.82, 2.24) is 25.1 Å². The highest BCUT2D eigenvalue weighted by Gasteiger charge is 2.16. The van der Waals surface area contributed by atoms with Gasteiger partial charge in [0.15, 0.2) is 0 Å². The molecule has 2 rings (SSSR count). The van der Waals surface area contributed by atoms with Crippen LogP contribution in [0.4, 0.5) is 0 Å². The van der Waals surface area contributed by atoms with Gasteiger partial charge in [-0.2, -0.15) is 5.10 Å². The van der Waals surface area contributed by atoms with E-state index in [0.717, 1.165) is 18.7 Å². The number of imidazole rings is 1. The Hall–Kier alpha value is -2.15. The largest absolute Gasteiger partial charge is 0.354 e. The third-order valence-corrected chi connectivity index (χ3v) is 2.81. The van der Waals surface area contributed by atoms with Crippen LogP contribution in [0.2, 0.25) is 0 Å². The maximum absolute atomic E-state index is 11.8. The first-order chi connectivity index (χ1) is 9.16.